The highest BCUT2D eigenvalue weighted by Gasteiger charge is 2.22. The van der Waals surface area contributed by atoms with Crippen molar-refractivity contribution in [1.29, 1.82) is 0 Å². The summed E-state index contributed by atoms with van der Waals surface area (Å²) in [6.07, 6.45) is 2.35. The van der Waals surface area contributed by atoms with Gasteiger partial charge in [0.25, 0.3) is 0 Å². The van der Waals surface area contributed by atoms with Crippen LogP contribution < -0.4 is 9.47 Å². The van der Waals surface area contributed by atoms with Crippen molar-refractivity contribution in [2.45, 2.75) is 26.4 Å². The fourth-order valence-corrected chi connectivity index (χ4v) is 4.31. The number of hydrogen-bond acceptors (Lipinski definition) is 3. The molecule has 2 aromatic carbocycles. The Bertz CT molecular complexity index is 822. The van der Waals surface area contributed by atoms with Crippen molar-refractivity contribution >= 4 is 44.7 Å². The number of methoxy groups -OCH3 is 1. The molecule has 1 fully saturated rings. The molecule has 0 N–H and O–H groups in total. The molecule has 1 saturated heterocycles. The van der Waals surface area contributed by atoms with Crippen molar-refractivity contribution in [1.82, 2.24) is 4.90 Å². The first-order valence-corrected chi connectivity index (χ1v) is 10.6. The largest absolute Gasteiger partial charge is 0.493 e. The third-order valence-electron chi connectivity index (χ3n) is 4.90. The van der Waals surface area contributed by atoms with Gasteiger partial charge in [0, 0.05) is 33.7 Å². The topological polar surface area (TPSA) is 21.7 Å². The smallest absolute Gasteiger partial charge is 0.162 e. The third-order valence-corrected chi connectivity index (χ3v) is 6.40. The molecule has 3 nitrogen and oxygen atoms in total. The summed E-state index contributed by atoms with van der Waals surface area (Å²) in [6.45, 7) is 4.67. The van der Waals surface area contributed by atoms with Gasteiger partial charge in [-0.1, -0.05) is 48.9 Å². The van der Waals surface area contributed by atoms with Crippen molar-refractivity contribution in [3.8, 4) is 11.5 Å². The summed E-state index contributed by atoms with van der Waals surface area (Å²) in [5, 5.41) is 0.688. The first-order valence-electron chi connectivity index (χ1n) is 9.02. The van der Waals surface area contributed by atoms with Crippen molar-refractivity contribution in [3.63, 3.8) is 0 Å². The summed E-state index contributed by atoms with van der Waals surface area (Å²) >= 11 is 15.6. The van der Waals surface area contributed by atoms with Gasteiger partial charge in [0.1, 0.15) is 11.6 Å². The maximum Gasteiger partial charge on any atom is 0.162 e. The quantitative estimate of drug-likeness (QED) is 0.494. The molecule has 0 amide bonds. The van der Waals surface area contributed by atoms with Gasteiger partial charge < -0.3 is 14.4 Å². The molecule has 27 heavy (non-hydrogen) atoms. The van der Waals surface area contributed by atoms with E-state index in [2.05, 4.69) is 27.8 Å². The third kappa shape index (κ3) is 4.95. The van der Waals surface area contributed by atoms with Crippen molar-refractivity contribution < 1.29 is 9.47 Å². The summed E-state index contributed by atoms with van der Waals surface area (Å²) in [7, 11) is 1.64. The normalized spacial score (nSPS) is 14.9. The van der Waals surface area contributed by atoms with E-state index >= 15 is 0 Å². The van der Waals surface area contributed by atoms with Crippen molar-refractivity contribution in [2.75, 3.05) is 20.2 Å². The van der Waals surface area contributed by atoms with Gasteiger partial charge in [-0.05, 0) is 52.9 Å². The van der Waals surface area contributed by atoms with Crippen LogP contribution in [0.1, 0.15) is 30.9 Å². The van der Waals surface area contributed by atoms with Crippen LogP contribution in [-0.4, -0.2) is 30.1 Å². The van der Waals surface area contributed by atoms with Crippen LogP contribution in [0.15, 0.2) is 40.9 Å². The average Bonchev–Trinajstić information content (AvgIpc) is 2.67. The first-order chi connectivity index (χ1) is 13.0. The van der Waals surface area contributed by atoms with Gasteiger partial charge in [-0.15, -0.1) is 0 Å². The molecular weight excluding hydrogens is 446 g/mol. The second kappa shape index (κ2) is 9.26. The molecule has 0 spiro atoms. The van der Waals surface area contributed by atoms with Crippen LogP contribution in [0.25, 0.3) is 0 Å². The van der Waals surface area contributed by atoms with E-state index in [1.54, 1.807) is 7.11 Å². The van der Waals surface area contributed by atoms with Crippen LogP contribution in [0.5, 0.6) is 11.5 Å². The summed E-state index contributed by atoms with van der Waals surface area (Å²) < 4.78 is 12.4. The van der Waals surface area contributed by atoms with E-state index < -0.39 is 0 Å². The molecule has 2 aromatic rings. The highest BCUT2D eigenvalue weighted by atomic mass is 79.9. The second-order valence-electron chi connectivity index (χ2n) is 6.84. The molecule has 0 aliphatic carbocycles. The number of piperidine rings is 1. The van der Waals surface area contributed by atoms with Crippen LogP contribution >= 0.6 is 39.7 Å². The van der Waals surface area contributed by atoms with E-state index in [1.165, 1.54) is 12.8 Å². The van der Waals surface area contributed by atoms with E-state index in [1.807, 2.05) is 36.4 Å². The lowest BCUT2D eigenvalue weighted by molar-refractivity contribution is 0.282. The maximum absolute atomic E-state index is 6.22. The molecule has 0 saturated carbocycles. The minimum atomic E-state index is 0.371. The summed E-state index contributed by atoms with van der Waals surface area (Å²) in [6, 6.07) is 11.5. The zero-order valence-electron chi connectivity index (χ0n) is 15.5. The number of halogens is 2. The molecule has 1 aliphatic heterocycles. The van der Waals surface area contributed by atoms with E-state index in [0.717, 1.165) is 39.6 Å². The van der Waals surface area contributed by atoms with Crippen LogP contribution in [0, 0.1) is 5.92 Å². The number of likely N-dealkylation sites (tertiary alicyclic amines) is 1. The van der Waals surface area contributed by atoms with Gasteiger partial charge in [0.15, 0.2) is 11.5 Å². The minimum Gasteiger partial charge on any atom is -0.493 e. The molecule has 6 heteroatoms. The predicted octanol–water partition coefficient (Wildman–Crippen LogP) is 6.10. The Kier molecular flexibility index (Phi) is 7.01. The standard InChI is InChI=1S/C21H23BrClNO2S/c1-14-7-9-24(10-8-14)21(27)16-11-19(25-2)20(12-17(16)22)26-13-15-5-3-4-6-18(15)23/h3-6,11-12,14H,7-10,13H2,1-2H3. The van der Waals surface area contributed by atoms with Gasteiger partial charge in [-0.25, -0.2) is 0 Å². The summed E-state index contributed by atoms with van der Waals surface area (Å²) in [4.78, 5) is 3.13. The SMILES string of the molecule is COc1cc(C(=S)N2CCC(C)CC2)c(Br)cc1OCc1ccccc1Cl. The average molecular weight is 469 g/mol. The Hall–Kier alpha value is -1.30. The Balaban J connectivity index is 1.78. The number of benzene rings is 2. The monoisotopic (exact) mass is 467 g/mol. The molecule has 0 aromatic heterocycles. The van der Waals surface area contributed by atoms with E-state index in [-0.39, 0.29) is 0 Å². The zero-order valence-corrected chi connectivity index (χ0v) is 18.7. The van der Waals surface area contributed by atoms with E-state index in [0.29, 0.717) is 23.1 Å². The van der Waals surface area contributed by atoms with Crippen molar-refractivity contribution in [2.24, 2.45) is 5.92 Å². The zero-order chi connectivity index (χ0) is 19.4. The van der Waals surface area contributed by atoms with Gasteiger partial charge in [0.05, 0.1) is 7.11 Å². The Morgan fingerprint density at radius 1 is 1.22 bits per heavy atom. The minimum absolute atomic E-state index is 0.371. The molecule has 0 unspecified atom stereocenters. The molecular formula is C21H23BrClNO2S. The van der Waals surface area contributed by atoms with Gasteiger partial charge in [0.2, 0.25) is 0 Å². The fourth-order valence-electron chi connectivity index (χ4n) is 3.12. The van der Waals surface area contributed by atoms with Gasteiger partial charge in [-0.3, -0.25) is 0 Å². The Morgan fingerprint density at radius 3 is 2.59 bits per heavy atom. The molecule has 1 aliphatic rings. The number of ether oxygens (including phenoxy) is 2. The molecule has 3 rings (SSSR count). The molecule has 0 bridgehead atoms. The summed E-state index contributed by atoms with van der Waals surface area (Å²) in [5.74, 6) is 2.08. The number of thiocarbonyl (C=S) groups is 1. The lowest BCUT2D eigenvalue weighted by Crippen LogP contribution is -2.37. The molecule has 144 valence electrons. The van der Waals surface area contributed by atoms with Crippen LogP contribution in [-0.2, 0) is 6.61 Å². The predicted molar refractivity (Wildman–Crippen MR) is 118 cm³/mol. The fraction of sp³-hybridized carbons (Fsp3) is 0.381. The molecule has 0 atom stereocenters. The highest BCUT2D eigenvalue weighted by Crippen LogP contribution is 2.35. The maximum atomic E-state index is 6.22. The lowest BCUT2D eigenvalue weighted by Gasteiger charge is -2.32. The number of rotatable bonds is 5. The first kappa shape index (κ1) is 20.4. The second-order valence-corrected chi connectivity index (χ2v) is 8.49. The van der Waals surface area contributed by atoms with Gasteiger partial charge >= 0.3 is 0 Å². The molecule has 1 heterocycles. The number of nitrogens with zero attached hydrogens (tertiary/aromatic N) is 1. The van der Waals surface area contributed by atoms with Crippen LogP contribution in [0.2, 0.25) is 5.02 Å². The van der Waals surface area contributed by atoms with E-state index in [4.69, 9.17) is 33.3 Å². The molecule has 0 radical (unpaired) electrons. The highest BCUT2D eigenvalue weighted by molar-refractivity contribution is 9.10. The van der Waals surface area contributed by atoms with E-state index in [9.17, 15) is 0 Å². The Labute approximate surface area is 179 Å². The van der Waals surface area contributed by atoms with Crippen LogP contribution in [0.4, 0.5) is 0 Å². The van der Waals surface area contributed by atoms with Gasteiger partial charge in [-0.2, -0.15) is 0 Å². The van der Waals surface area contributed by atoms with Crippen molar-refractivity contribution in [3.05, 3.63) is 57.0 Å². The number of hydrogen-bond donors (Lipinski definition) is 0. The summed E-state index contributed by atoms with van der Waals surface area (Å²) in [5.41, 5.74) is 1.89. The van der Waals surface area contributed by atoms with Crippen LogP contribution in [0.3, 0.4) is 0 Å². The Morgan fingerprint density at radius 2 is 1.93 bits per heavy atom. The lowest BCUT2D eigenvalue weighted by atomic mass is 9.99.